The molecule has 3 heteroatoms. The van der Waals surface area contributed by atoms with Crippen molar-refractivity contribution in [2.24, 2.45) is 0 Å². The number of imidazole rings is 1. The molecule has 1 aliphatic carbocycles. The summed E-state index contributed by atoms with van der Waals surface area (Å²) in [6, 6.07) is 0. The number of hydrogen-bond acceptors (Lipinski definition) is 2. The Morgan fingerprint density at radius 2 is 2.33 bits per heavy atom. The topological polar surface area (TPSA) is 34.9 Å². The lowest BCUT2D eigenvalue weighted by molar-refractivity contribution is -0.114. The molecule has 0 saturated carbocycles. The molecule has 80 valence electrons. The minimum Gasteiger partial charge on any atom is -0.335 e. The standard InChI is InChI=1S/C12H16N2O/c1-2-6-14-7-5-13-12(14)9-10-3-4-11(15)8-10/h5,7-8H,2-4,6,9H2,1H3. The van der Waals surface area contributed by atoms with Gasteiger partial charge in [-0.15, -0.1) is 0 Å². The molecule has 0 amide bonds. The fourth-order valence-corrected chi connectivity index (χ4v) is 1.95. The lowest BCUT2D eigenvalue weighted by Gasteiger charge is -2.06. The molecule has 1 aromatic rings. The Hall–Kier alpha value is -1.38. The third-order valence-corrected chi connectivity index (χ3v) is 2.71. The monoisotopic (exact) mass is 204 g/mol. The minimum absolute atomic E-state index is 0.263. The van der Waals surface area contributed by atoms with Crippen molar-refractivity contribution >= 4 is 5.78 Å². The quantitative estimate of drug-likeness (QED) is 0.753. The van der Waals surface area contributed by atoms with Gasteiger partial charge in [-0.05, 0) is 18.9 Å². The molecule has 0 unspecified atom stereocenters. The summed E-state index contributed by atoms with van der Waals surface area (Å²) in [7, 11) is 0. The van der Waals surface area contributed by atoms with Crippen LogP contribution in [0.2, 0.25) is 0 Å². The van der Waals surface area contributed by atoms with Gasteiger partial charge in [0.2, 0.25) is 0 Å². The summed E-state index contributed by atoms with van der Waals surface area (Å²) in [4.78, 5) is 15.4. The lowest BCUT2D eigenvalue weighted by Crippen LogP contribution is -2.03. The Kier molecular flexibility index (Phi) is 2.99. The van der Waals surface area contributed by atoms with Gasteiger partial charge in [-0.2, -0.15) is 0 Å². The van der Waals surface area contributed by atoms with Crippen LogP contribution in [0.25, 0.3) is 0 Å². The van der Waals surface area contributed by atoms with E-state index in [4.69, 9.17) is 0 Å². The van der Waals surface area contributed by atoms with Crippen molar-refractivity contribution in [1.29, 1.82) is 0 Å². The normalized spacial score (nSPS) is 15.8. The van der Waals surface area contributed by atoms with Gasteiger partial charge in [0, 0.05) is 31.8 Å². The molecule has 3 nitrogen and oxygen atoms in total. The molecular weight excluding hydrogens is 188 g/mol. The van der Waals surface area contributed by atoms with Gasteiger partial charge in [-0.25, -0.2) is 4.98 Å². The van der Waals surface area contributed by atoms with Crippen LogP contribution in [0.4, 0.5) is 0 Å². The van der Waals surface area contributed by atoms with Gasteiger partial charge < -0.3 is 4.57 Å². The Morgan fingerprint density at radius 3 is 3.00 bits per heavy atom. The highest BCUT2D eigenvalue weighted by molar-refractivity contribution is 5.92. The Morgan fingerprint density at radius 1 is 1.47 bits per heavy atom. The minimum atomic E-state index is 0.263. The average molecular weight is 204 g/mol. The van der Waals surface area contributed by atoms with Crippen LogP contribution in [0, 0.1) is 0 Å². The Labute approximate surface area is 89.8 Å². The fourth-order valence-electron chi connectivity index (χ4n) is 1.95. The number of rotatable bonds is 4. The Bertz CT molecular complexity index is 390. The van der Waals surface area contributed by atoms with E-state index in [1.54, 1.807) is 6.08 Å². The second-order valence-electron chi connectivity index (χ2n) is 3.98. The zero-order chi connectivity index (χ0) is 10.7. The number of carbonyl (C=O) groups excluding carboxylic acids is 1. The number of aromatic nitrogens is 2. The molecule has 15 heavy (non-hydrogen) atoms. The smallest absolute Gasteiger partial charge is 0.155 e. The highest BCUT2D eigenvalue weighted by Gasteiger charge is 2.14. The van der Waals surface area contributed by atoms with E-state index in [2.05, 4.69) is 16.5 Å². The highest BCUT2D eigenvalue weighted by Crippen LogP contribution is 2.18. The fraction of sp³-hybridized carbons (Fsp3) is 0.500. The zero-order valence-electron chi connectivity index (χ0n) is 9.07. The summed E-state index contributed by atoms with van der Waals surface area (Å²) in [5.74, 6) is 1.34. The van der Waals surface area contributed by atoms with Gasteiger partial charge in [-0.1, -0.05) is 12.5 Å². The average Bonchev–Trinajstić information content (AvgIpc) is 2.78. The zero-order valence-corrected chi connectivity index (χ0v) is 9.07. The summed E-state index contributed by atoms with van der Waals surface area (Å²) in [5.41, 5.74) is 1.23. The molecule has 0 fully saturated rings. The second-order valence-corrected chi connectivity index (χ2v) is 3.98. The molecule has 0 radical (unpaired) electrons. The van der Waals surface area contributed by atoms with Crippen LogP contribution in [0.1, 0.15) is 32.0 Å². The van der Waals surface area contributed by atoms with Crippen molar-refractivity contribution in [3.8, 4) is 0 Å². The number of allylic oxidation sites excluding steroid dienone is 2. The molecule has 0 bridgehead atoms. The maximum Gasteiger partial charge on any atom is 0.155 e. The van der Waals surface area contributed by atoms with Crippen molar-refractivity contribution < 1.29 is 4.79 Å². The Balaban J connectivity index is 2.07. The molecule has 0 spiro atoms. The van der Waals surface area contributed by atoms with E-state index in [9.17, 15) is 4.79 Å². The van der Waals surface area contributed by atoms with Crippen LogP contribution < -0.4 is 0 Å². The van der Waals surface area contributed by atoms with E-state index in [-0.39, 0.29) is 5.78 Å². The van der Waals surface area contributed by atoms with E-state index in [0.29, 0.717) is 6.42 Å². The molecule has 2 rings (SSSR count). The van der Waals surface area contributed by atoms with E-state index in [0.717, 1.165) is 31.6 Å². The van der Waals surface area contributed by atoms with Crippen LogP contribution in [0.15, 0.2) is 24.0 Å². The number of ketones is 1. The first-order valence-electron chi connectivity index (χ1n) is 5.52. The van der Waals surface area contributed by atoms with E-state index in [1.807, 2.05) is 12.4 Å². The molecular formula is C12H16N2O. The van der Waals surface area contributed by atoms with Crippen molar-refractivity contribution in [3.05, 3.63) is 29.9 Å². The third-order valence-electron chi connectivity index (χ3n) is 2.71. The van der Waals surface area contributed by atoms with Gasteiger partial charge in [-0.3, -0.25) is 4.79 Å². The number of carbonyl (C=O) groups is 1. The van der Waals surface area contributed by atoms with Crippen LogP contribution in [-0.4, -0.2) is 15.3 Å². The molecule has 0 atom stereocenters. The van der Waals surface area contributed by atoms with Crippen LogP contribution in [-0.2, 0) is 17.8 Å². The van der Waals surface area contributed by atoms with E-state index < -0.39 is 0 Å². The maximum atomic E-state index is 11.1. The largest absolute Gasteiger partial charge is 0.335 e. The maximum absolute atomic E-state index is 11.1. The van der Waals surface area contributed by atoms with Gasteiger partial charge in [0.15, 0.2) is 5.78 Å². The molecule has 1 aromatic heterocycles. The molecule has 0 saturated heterocycles. The first-order valence-corrected chi connectivity index (χ1v) is 5.52. The summed E-state index contributed by atoms with van der Waals surface area (Å²) in [5, 5.41) is 0. The van der Waals surface area contributed by atoms with Crippen molar-refractivity contribution in [2.45, 2.75) is 39.2 Å². The highest BCUT2D eigenvalue weighted by atomic mass is 16.1. The molecule has 0 aliphatic heterocycles. The first-order chi connectivity index (χ1) is 7.29. The number of hydrogen-bond donors (Lipinski definition) is 0. The predicted octanol–water partition coefficient (Wildman–Crippen LogP) is 2.12. The lowest BCUT2D eigenvalue weighted by atomic mass is 10.1. The van der Waals surface area contributed by atoms with E-state index in [1.165, 1.54) is 5.57 Å². The summed E-state index contributed by atoms with van der Waals surface area (Å²) < 4.78 is 2.17. The van der Waals surface area contributed by atoms with Crippen LogP contribution >= 0.6 is 0 Å². The van der Waals surface area contributed by atoms with Crippen LogP contribution in [0.5, 0.6) is 0 Å². The van der Waals surface area contributed by atoms with Gasteiger partial charge in [0.1, 0.15) is 5.82 Å². The molecule has 0 aromatic carbocycles. The van der Waals surface area contributed by atoms with Gasteiger partial charge >= 0.3 is 0 Å². The molecule has 1 heterocycles. The third kappa shape index (κ3) is 2.35. The first kappa shape index (κ1) is 10.1. The molecule has 1 aliphatic rings. The van der Waals surface area contributed by atoms with Crippen LogP contribution in [0.3, 0.4) is 0 Å². The van der Waals surface area contributed by atoms with Gasteiger partial charge in [0.25, 0.3) is 0 Å². The molecule has 0 N–H and O–H groups in total. The van der Waals surface area contributed by atoms with E-state index >= 15 is 0 Å². The summed E-state index contributed by atoms with van der Waals surface area (Å²) in [6.07, 6.45) is 9.17. The second kappa shape index (κ2) is 4.43. The summed E-state index contributed by atoms with van der Waals surface area (Å²) >= 11 is 0. The van der Waals surface area contributed by atoms with Gasteiger partial charge in [0.05, 0.1) is 0 Å². The predicted molar refractivity (Wildman–Crippen MR) is 58.5 cm³/mol. The van der Waals surface area contributed by atoms with Crippen molar-refractivity contribution in [2.75, 3.05) is 0 Å². The summed E-state index contributed by atoms with van der Waals surface area (Å²) in [6.45, 7) is 3.17. The number of aryl methyl sites for hydroxylation is 1. The number of nitrogens with zero attached hydrogens (tertiary/aromatic N) is 2. The van der Waals surface area contributed by atoms with Crippen molar-refractivity contribution in [3.63, 3.8) is 0 Å². The van der Waals surface area contributed by atoms with Crippen molar-refractivity contribution in [1.82, 2.24) is 9.55 Å². The SMILES string of the molecule is CCCn1ccnc1CC1=CC(=O)CC1.